The number of sulfonamides is 1. The summed E-state index contributed by atoms with van der Waals surface area (Å²) in [5.74, 6) is 0. The maximum atomic E-state index is 12.5. The van der Waals surface area contributed by atoms with E-state index in [9.17, 15) is 8.42 Å². The van der Waals surface area contributed by atoms with Crippen LogP contribution in [0.25, 0.3) is 0 Å². The quantitative estimate of drug-likeness (QED) is 0.812. The predicted molar refractivity (Wildman–Crippen MR) is 88.5 cm³/mol. The first-order valence-corrected chi connectivity index (χ1v) is 8.71. The molecule has 0 bridgehead atoms. The molecule has 21 heavy (non-hydrogen) atoms. The van der Waals surface area contributed by atoms with Crippen LogP contribution in [-0.2, 0) is 10.0 Å². The maximum Gasteiger partial charge on any atom is 0.241 e. The van der Waals surface area contributed by atoms with Crippen molar-refractivity contribution in [2.45, 2.75) is 24.8 Å². The van der Waals surface area contributed by atoms with Crippen LogP contribution >= 0.6 is 15.9 Å². The number of hydrogen-bond acceptors (Lipinski definition) is 3. The van der Waals surface area contributed by atoms with Gasteiger partial charge in [-0.2, -0.15) is 0 Å². The van der Waals surface area contributed by atoms with Gasteiger partial charge in [-0.1, -0.05) is 28.1 Å². The second-order valence-electron chi connectivity index (χ2n) is 4.92. The van der Waals surface area contributed by atoms with E-state index in [0.29, 0.717) is 11.3 Å². The molecule has 1 atom stereocenters. The van der Waals surface area contributed by atoms with E-state index < -0.39 is 10.0 Å². The molecule has 0 aromatic heterocycles. The number of aryl methyl sites for hydroxylation is 1. The van der Waals surface area contributed by atoms with E-state index in [2.05, 4.69) is 20.7 Å². The summed E-state index contributed by atoms with van der Waals surface area (Å²) in [6.45, 7) is 3.54. The van der Waals surface area contributed by atoms with Gasteiger partial charge in [0, 0.05) is 16.2 Å². The van der Waals surface area contributed by atoms with Gasteiger partial charge in [-0.25, -0.2) is 13.1 Å². The highest BCUT2D eigenvalue weighted by molar-refractivity contribution is 9.10. The van der Waals surface area contributed by atoms with Gasteiger partial charge in [0.15, 0.2) is 0 Å². The topological polar surface area (TPSA) is 72.2 Å². The van der Waals surface area contributed by atoms with Crippen LogP contribution in [0.15, 0.2) is 51.8 Å². The Kier molecular flexibility index (Phi) is 4.70. The van der Waals surface area contributed by atoms with Crippen molar-refractivity contribution >= 4 is 31.6 Å². The lowest BCUT2D eigenvalue weighted by Crippen LogP contribution is -2.27. The molecule has 0 aliphatic rings. The minimum atomic E-state index is -3.59. The van der Waals surface area contributed by atoms with E-state index in [1.807, 2.05) is 31.2 Å². The number of nitrogens with two attached hydrogens (primary N) is 1. The maximum absolute atomic E-state index is 12.5. The summed E-state index contributed by atoms with van der Waals surface area (Å²) in [7, 11) is -3.59. The minimum absolute atomic E-state index is 0.249. The van der Waals surface area contributed by atoms with E-state index in [1.165, 1.54) is 6.07 Å². The first kappa shape index (κ1) is 16.0. The van der Waals surface area contributed by atoms with Gasteiger partial charge in [0.05, 0.1) is 4.90 Å². The third kappa shape index (κ3) is 3.84. The first-order valence-electron chi connectivity index (χ1n) is 6.43. The van der Waals surface area contributed by atoms with Crippen LogP contribution in [-0.4, -0.2) is 8.42 Å². The van der Waals surface area contributed by atoms with Gasteiger partial charge < -0.3 is 5.73 Å². The lowest BCUT2D eigenvalue weighted by molar-refractivity contribution is 0.566. The summed E-state index contributed by atoms with van der Waals surface area (Å²) < 4.78 is 28.5. The van der Waals surface area contributed by atoms with Crippen molar-refractivity contribution in [2.24, 2.45) is 0 Å². The monoisotopic (exact) mass is 368 g/mol. The van der Waals surface area contributed by atoms with Gasteiger partial charge >= 0.3 is 0 Å². The molecule has 0 aliphatic carbocycles. The minimum Gasteiger partial charge on any atom is -0.399 e. The molecular weight excluding hydrogens is 352 g/mol. The number of rotatable bonds is 4. The Bertz CT molecular complexity index is 760. The zero-order chi connectivity index (χ0) is 15.6. The molecule has 0 spiro atoms. The summed E-state index contributed by atoms with van der Waals surface area (Å²) in [6, 6.07) is 12.0. The largest absolute Gasteiger partial charge is 0.399 e. The Balaban J connectivity index is 2.29. The van der Waals surface area contributed by atoms with Crippen molar-refractivity contribution in [1.82, 2.24) is 4.72 Å². The number of nitrogens with one attached hydrogen (secondary N) is 1. The van der Waals surface area contributed by atoms with Crippen molar-refractivity contribution < 1.29 is 8.42 Å². The van der Waals surface area contributed by atoms with Crippen LogP contribution < -0.4 is 10.5 Å². The molecule has 2 aromatic rings. The van der Waals surface area contributed by atoms with E-state index >= 15 is 0 Å². The number of anilines is 1. The molecule has 0 saturated heterocycles. The Labute approximate surface area is 133 Å². The molecule has 4 nitrogen and oxygen atoms in total. The first-order chi connectivity index (χ1) is 9.79. The van der Waals surface area contributed by atoms with Crippen LogP contribution in [0, 0.1) is 6.92 Å². The average molecular weight is 369 g/mol. The van der Waals surface area contributed by atoms with E-state index in [1.54, 1.807) is 19.1 Å². The Morgan fingerprint density at radius 1 is 1.19 bits per heavy atom. The number of benzene rings is 2. The van der Waals surface area contributed by atoms with Gasteiger partial charge in [-0.3, -0.25) is 0 Å². The van der Waals surface area contributed by atoms with Gasteiger partial charge in [-0.05, 0) is 55.3 Å². The standard InChI is InChI=1S/C15H17BrN2O2S/c1-10-8-14(17)6-7-15(10)21(19,20)18-11(2)12-4-3-5-13(16)9-12/h3-9,11,18H,17H2,1-2H3. The van der Waals surface area contributed by atoms with Gasteiger partial charge in [0.1, 0.15) is 0 Å². The molecule has 1 unspecified atom stereocenters. The normalized spacial score (nSPS) is 13.1. The van der Waals surface area contributed by atoms with Crippen LogP contribution in [0.4, 0.5) is 5.69 Å². The molecule has 0 radical (unpaired) electrons. The highest BCUT2D eigenvalue weighted by Crippen LogP contribution is 2.22. The smallest absolute Gasteiger partial charge is 0.241 e. The molecule has 0 heterocycles. The fourth-order valence-corrected chi connectivity index (χ4v) is 3.99. The summed E-state index contributed by atoms with van der Waals surface area (Å²) in [6.07, 6.45) is 0. The summed E-state index contributed by atoms with van der Waals surface area (Å²) in [5.41, 5.74) is 7.73. The fourth-order valence-electron chi connectivity index (χ4n) is 2.11. The SMILES string of the molecule is Cc1cc(N)ccc1S(=O)(=O)NC(C)c1cccc(Br)c1. The Hall–Kier alpha value is -1.37. The second-order valence-corrected chi connectivity index (χ2v) is 7.52. The van der Waals surface area contributed by atoms with Crippen molar-refractivity contribution in [3.63, 3.8) is 0 Å². The zero-order valence-corrected chi connectivity index (χ0v) is 14.2. The molecule has 2 aromatic carbocycles. The third-order valence-electron chi connectivity index (χ3n) is 3.17. The van der Waals surface area contributed by atoms with Crippen LogP contribution in [0.3, 0.4) is 0 Å². The zero-order valence-electron chi connectivity index (χ0n) is 11.8. The molecule has 0 saturated carbocycles. The predicted octanol–water partition coefficient (Wildman–Crippen LogP) is 3.38. The van der Waals surface area contributed by atoms with Gasteiger partial charge in [0.25, 0.3) is 0 Å². The van der Waals surface area contributed by atoms with E-state index in [-0.39, 0.29) is 10.9 Å². The highest BCUT2D eigenvalue weighted by Gasteiger charge is 2.20. The summed E-state index contributed by atoms with van der Waals surface area (Å²) >= 11 is 3.38. The molecule has 0 aliphatic heterocycles. The Morgan fingerprint density at radius 3 is 2.52 bits per heavy atom. The molecule has 0 fully saturated rings. The van der Waals surface area contributed by atoms with Crippen molar-refractivity contribution in [1.29, 1.82) is 0 Å². The lowest BCUT2D eigenvalue weighted by atomic mass is 10.1. The van der Waals surface area contributed by atoms with E-state index in [4.69, 9.17) is 5.73 Å². The summed E-state index contributed by atoms with van der Waals surface area (Å²) in [5, 5.41) is 0. The van der Waals surface area contributed by atoms with Crippen LogP contribution in [0.2, 0.25) is 0 Å². The second kappa shape index (κ2) is 6.17. The molecule has 2 rings (SSSR count). The van der Waals surface area contributed by atoms with Gasteiger partial charge in [0.2, 0.25) is 10.0 Å². The molecule has 0 amide bonds. The number of hydrogen-bond donors (Lipinski definition) is 2. The molecule has 112 valence electrons. The van der Waals surface area contributed by atoms with Crippen molar-refractivity contribution in [3.8, 4) is 0 Å². The molecular formula is C15H17BrN2O2S. The highest BCUT2D eigenvalue weighted by atomic mass is 79.9. The van der Waals surface area contributed by atoms with Crippen LogP contribution in [0.5, 0.6) is 0 Å². The number of halogens is 1. The number of nitrogen functional groups attached to an aromatic ring is 1. The fraction of sp³-hybridized carbons (Fsp3) is 0.200. The molecule has 3 N–H and O–H groups in total. The third-order valence-corrected chi connectivity index (χ3v) is 5.36. The van der Waals surface area contributed by atoms with Crippen LogP contribution in [0.1, 0.15) is 24.1 Å². The summed E-state index contributed by atoms with van der Waals surface area (Å²) in [4.78, 5) is 0.249. The lowest BCUT2D eigenvalue weighted by Gasteiger charge is -2.16. The average Bonchev–Trinajstić information content (AvgIpc) is 2.37. The molecule has 6 heteroatoms. The Morgan fingerprint density at radius 2 is 1.90 bits per heavy atom. The van der Waals surface area contributed by atoms with E-state index in [0.717, 1.165) is 10.0 Å². The van der Waals surface area contributed by atoms with Crippen molar-refractivity contribution in [2.75, 3.05) is 5.73 Å². The van der Waals surface area contributed by atoms with Gasteiger partial charge in [-0.15, -0.1) is 0 Å². The van der Waals surface area contributed by atoms with Crippen molar-refractivity contribution in [3.05, 3.63) is 58.1 Å².